The van der Waals surface area contributed by atoms with Gasteiger partial charge in [0.05, 0.1) is 12.9 Å². The summed E-state index contributed by atoms with van der Waals surface area (Å²) in [6, 6.07) is -1.06. The van der Waals surface area contributed by atoms with Crippen LogP contribution < -0.4 is 10.0 Å². The Labute approximate surface area is 113 Å². The summed E-state index contributed by atoms with van der Waals surface area (Å²) in [5.74, 6) is -0.667. The van der Waals surface area contributed by atoms with Gasteiger partial charge < -0.3 is 10.1 Å². The van der Waals surface area contributed by atoms with Crippen LogP contribution in [0.15, 0.2) is 0 Å². The molecule has 1 rings (SSSR count). The fourth-order valence-electron chi connectivity index (χ4n) is 1.91. The largest absolute Gasteiger partial charge is 0.467 e. The molecule has 0 aromatic heterocycles. The van der Waals surface area contributed by atoms with E-state index in [1.165, 1.54) is 7.11 Å². The molecule has 2 N–H and O–H groups in total. The lowest BCUT2D eigenvalue weighted by molar-refractivity contribution is -0.145. The molecule has 1 aliphatic rings. The predicted molar refractivity (Wildman–Crippen MR) is 68.7 cm³/mol. The summed E-state index contributed by atoms with van der Waals surface area (Å²) in [4.78, 5) is 23.2. The van der Waals surface area contributed by atoms with Crippen molar-refractivity contribution >= 4 is 21.9 Å². The van der Waals surface area contributed by atoms with Crippen LogP contribution in [-0.4, -0.2) is 45.2 Å². The lowest BCUT2D eigenvalue weighted by Crippen LogP contribution is -2.55. The van der Waals surface area contributed by atoms with E-state index < -0.39 is 22.0 Å². The number of carbonyl (C=O) groups is 2. The molecule has 0 aromatic rings. The molecule has 8 heteroatoms. The van der Waals surface area contributed by atoms with E-state index in [1.54, 1.807) is 0 Å². The predicted octanol–water partition coefficient (Wildman–Crippen LogP) is -0.618. The second kappa shape index (κ2) is 6.33. The Morgan fingerprint density at radius 3 is 2.42 bits per heavy atom. The summed E-state index contributed by atoms with van der Waals surface area (Å²) in [5, 5.41) is 2.58. The Kier molecular flexibility index (Phi) is 5.30. The average Bonchev–Trinajstić information content (AvgIpc) is 2.23. The van der Waals surface area contributed by atoms with E-state index in [1.807, 2.05) is 13.8 Å². The molecule has 0 saturated carbocycles. The van der Waals surface area contributed by atoms with E-state index in [9.17, 15) is 18.0 Å². The van der Waals surface area contributed by atoms with Gasteiger partial charge in [-0.2, -0.15) is 0 Å². The summed E-state index contributed by atoms with van der Waals surface area (Å²) < 4.78 is 28.7. The molecule has 1 amide bonds. The van der Waals surface area contributed by atoms with Crippen LogP contribution in [-0.2, 0) is 24.3 Å². The van der Waals surface area contributed by atoms with Gasteiger partial charge in [-0.15, -0.1) is 0 Å². The van der Waals surface area contributed by atoms with Gasteiger partial charge in [0.2, 0.25) is 15.9 Å². The molecule has 2 atom stereocenters. The van der Waals surface area contributed by atoms with E-state index in [4.69, 9.17) is 0 Å². The minimum Gasteiger partial charge on any atom is -0.467 e. The third-order valence-electron chi connectivity index (χ3n) is 2.73. The van der Waals surface area contributed by atoms with E-state index in [0.717, 1.165) is 0 Å². The molecule has 0 aliphatic carbocycles. The van der Waals surface area contributed by atoms with Crippen LogP contribution in [0.1, 0.15) is 26.7 Å². The van der Waals surface area contributed by atoms with Crippen molar-refractivity contribution in [3.8, 4) is 0 Å². The van der Waals surface area contributed by atoms with Crippen molar-refractivity contribution < 1.29 is 22.7 Å². The fourth-order valence-corrected chi connectivity index (χ4v) is 3.11. The molecule has 1 saturated heterocycles. The van der Waals surface area contributed by atoms with Crippen molar-refractivity contribution in [3.05, 3.63) is 0 Å². The topological polar surface area (TPSA) is 102 Å². The lowest BCUT2D eigenvalue weighted by Gasteiger charge is -2.27. The van der Waals surface area contributed by atoms with Crippen LogP contribution in [0.3, 0.4) is 0 Å². The van der Waals surface area contributed by atoms with Gasteiger partial charge in [-0.3, -0.25) is 4.79 Å². The molecule has 19 heavy (non-hydrogen) atoms. The number of amides is 1. The fraction of sp³-hybridized carbons (Fsp3) is 0.818. The average molecular weight is 292 g/mol. The molecule has 0 radical (unpaired) electrons. The first-order valence-electron chi connectivity index (χ1n) is 6.10. The Morgan fingerprint density at radius 2 is 2.00 bits per heavy atom. The minimum atomic E-state index is -3.17. The summed E-state index contributed by atoms with van der Waals surface area (Å²) in [6.45, 7) is 3.87. The first-order chi connectivity index (χ1) is 8.73. The van der Waals surface area contributed by atoms with Gasteiger partial charge in [-0.25, -0.2) is 17.9 Å². The van der Waals surface area contributed by atoms with E-state index in [0.29, 0.717) is 6.42 Å². The molecule has 0 spiro atoms. The Balaban J connectivity index is 2.45. The summed E-state index contributed by atoms with van der Waals surface area (Å²) in [7, 11) is -1.90. The number of hydrogen-bond donors (Lipinski definition) is 2. The van der Waals surface area contributed by atoms with Crippen LogP contribution in [0.2, 0.25) is 0 Å². The normalized spacial score (nSPS) is 22.4. The van der Waals surface area contributed by atoms with Gasteiger partial charge in [0.25, 0.3) is 0 Å². The highest BCUT2D eigenvalue weighted by molar-refractivity contribution is 7.90. The highest BCUT2D eigenvalue weighted by Crippen LogP contribution is 2.11. The molecule has 1 aliphatic heterocycles. The van der Waals surface area contributed by atoms with Crippen molar-refractivity contribution in [2.45, 2.75) is 38.8 Å². The first kappa shape index (κ1) is 15.9. The molecule has 1 fully saturated rings. The van der Waals surface area contributed by atoms with E-state index >= 15 is 0 Å². The maximum atomic E-state index is 11.7. The third kappa shape index (κ3) is 5.15. The number of rotatable bonds is 6. The van der Waals surface area contributed by atoms with Gasteiger partial charge in [0.15, 0.2) is 0 Å². The number of esters is 1. The van der Waals surface area contributed by atoms with Gasteiger partial charge in [-0.1, -0.05) is 13.8 Å². The van der Waals surface area contributed by atoms with Crippen LogP contribution in [0.25, 0.3) is 0 Å². The molecular formula is C11H20N2O5S. The highest BCUT2D eigenvalue weighted by atomic mass is 32.2. The van der Waals surface area contributed by atoms with E-state index in [-0.39, 0.29) is 30.0 Å². The molecule has 0 aromatic carbocycles. The van der Waals surface area contributed by atoms with Crippen molar-refractivity contribution in [2.75, 3.05) is 12.9 Å². The Hall–Kier alpha value is -1.15. The molecule has 7 nitrogen and oxygen atoms in total. The lowest BCUT2D eigenvalue weighted by atomic mass is 10.0. The SMILES string of the molecule is COC(=O)[C@H](CC(C)C)NC(=O)CC1CS(=O)(=O)N1. The second-order valence-corrected chi connectivity index (χ2v) is 6.87. The standard InChI is InChI=1S/C11H20N2O5S/c1-7(2)4-9(11(15)18-3)12-10(14)5-8-6-19(16,17)13-8/h7-9,13H,4-6H2,1-3H3,(H,12,14)/t8?,9-/m0/s1. The van der Waals surface area contributed by atoms with Gasteiger partial charge in [-0.05, 0) is 12.3 Å². The molecular weight excluding hydrogens is 272 g/mol. The van der Waals surface area contributed by atoms with Crippen LogP contribution in [0, 0.1) is 5.92 Å². The number of sulfonamides is 1. The van der Waals surface area contributed by atoms with Crippen molar-refractivity contribution in [1.29, 1.82) is 0 Å². The Bertz CT molecular complexity index is 434. The summed E-state index contributed by atoms with van der Waals surface area (Å²) in [5.41, 5.74) is 0. The number of nitrogens with one attached hydrogen (secondary N) is 2. The quantitative estimate of drug-likeness (QED) is 0.635. The highest BCUT2D eigenvalue weighted by Gasteiger charge is 2.34. The van der Waals surface area contributed by atoms with Gasteiger partial charge in [0.1, 0.15) is 6.04 Å². The maximum Gasteiger partial charge on any atom is 0.328 e. The second-order valence-electron chi connectivity index (χ2n) is 5.07. The smallest absolute Gasteiger partial charge is 0.328 e. The Morgan fingerprint density at radius 1 is 1.42 bits per heavy atom. The number of carbonyl (C=O) groups excluding carboxylic acids is 2. The van der Waals surface area contributed by atoms with E-state index in [2.05, 4.69) is 14.8 Å². The first-order valence-corrected chi connectivity index (χ1v) is 7.76. The minimum absolute atomic E-state index is 0.0326. The van der Waals surface area contributed by atoms with Crippen LogP contribution in [0.5, 0.6) is 0 Å². The van der Waals surface area contributed by atoms with Crippen molar-refractivity contribution in [1.82, 2.24) is 10.0 Å². The number of methoxy groups -OCH3 is 1. The zero-order valence-corrected chi connectivity index (χ0v) is 12.1. The monoisotopic (exact) mass is 292 g/mol. The van der Waals surface area contributed by atoms with Crippen molar-refractivity contribution in [3.63, 3.8) is 0 Å². The van der Waals surface area contributed by atoms with Crippen molar-refractivity contribution in [2.24, 2.45) is 5.92 Å². The number of ether oxygens (including phenoxy) is 1. The summed E-state index contributed by atoms with van der Waals surface area (Å²) >= 11 is 0. The zero-order valence-electron chi connectivity index (χ0n) is 11.3. The van der Waals surface area contributed by atoms with Crippen LogP contribution >= 0.6 is 0 Å². The number of hydrogen-bond acceptors (Lipinski definition) is 5. The summed E-state index contributed by atoms with van der Waals surface area (Å²) in [6.07, 6.45) is 0.514. The molecule has 110 valence electrons. The van der Waals surface area contributed by atoms with Gasteiger partial charge >= 0.3 is 5.97 Å². The molecule has 0 bridgehead atoms. The van der Waals surface area contributed by atoms with Gasteiger partial charge in [0, 0.05) is 12.5 Å². The van der Waals surface area contributed by atoms with Crippen LogP contribution in [0.4, 0.5) is 0 Å². The third-order valence-corrected chi connectivity index (χ3v) is 4.26. The molecule has 1 unspecified atom stereocenters. The maximum absolute atomic E-state index is 11.7. The molecule has 1 heterocycles. The zero-order chi connectivity index (χ0) is 14.6.